The monoisotopic (exact) mass is 347 g/mol. The minimum absolute atomic E-state index is 0.0214. The average Bonchev–Trinajstić information content (AvgIpc) is 2.77. The fourth-order valence-corrected chi connectivity index (χ4v) is 3.46. The molecule has 0 spiro atoms. The van der Waals surface area contributed by atoms with E-state index in [-0.39, 0.29) is 10.6 Å². The molecule has 1 aromatic heterocycles. The molecule has 0 saturated heterocycles. The lowest BCUT2D eigenvalue weighted by molar-refractivity contribution is -0.142. The Labute approximate surface area is 132 Å². The van der Waals surface area contributed by atoms with Crippen LogP contribution in [0.1, 0.15) is 16.7 Å². The highest BCUT2D eigenvalue weighted by molar-refractivity contribution is 7.92. The van der Waals surface area contributed by atoms with Crippen molar-refractivity contribution < 1.29 is 21.6 Å². The van der Waals surface area contributed by atoms with E-state index in [2.05, 4.69) is 9.82 Å². The van der Waals surface area contributed by atoms with Crippen LogP contribution in [-0.2, 0) is 16.6 Å². The Bertz CT molecular complexity index is 826. The molecule has 2 rings (SSSR count). The lowest BCUT2D eigenvalue weighted by Gasteiger charge is -2.11. The molecule has 0 aliphatic rings. The SMILES string of the molecule is Cc1cc(C)c(S(=O)(=O)Nc2cnn(CC(F)(F)F)c2)cc1C. The van der Waals surface area contributed by atoms with Crippen molar-refractivity contribution in [3.8, 4) is 0 Å². The van der Waals surface area contributed by atoms with Crippen LogP contribution in [0, 0.1) is 20.8 Å². The van der Waals surface area contributed by atoms with Gasteiger partial charge in [0.05, 0.1) is 16.8 Å². The fourth-order valence-electron chi connectivity index (χ4n) is 2.12. The summed E-state index contributed by atoms with van der Waals surface area (Å²) in [5.41, 5.74) is 2.30. The number of alkyl halides is 3. The van der Waals surface area contributed by atoms with Crippen LogP contribution >= 0.6 is 0 Å². The molecule has 2 aromatic rings. The lowest BCUT2D eigenvalue weighted by atomic mass is 10.1. The fraction of sp³-hybridized carbons (Fsp3) is 0.357. The predicted molar refractivity (Wildman–Crippen MR) is 79.7 cm³/mol. The highest BCUT2D eigenvalue weighted by Gasteiger charge is 2.28. The zero-order chi connectivity index (χ0) is 17.4. The number of aromatic nitrogens is 2. The van der Waals surface area contributed by atoms with Crippen LogP contribution in [0.25, 0.3) is 0 Å². The molecule has 0 bridgehead atoms. The smallest absolute Gasteiger partial charge is 0.276 e. The van der Waals surface area contributed by atoms with Gasteiger partial charge in [0.25, 0.3) is 10.0 Å². The largest absolute Gasteiger partial charge is 0.408 e. The highest BCUT2D eigenvalue weighted by atomic mass is 32.2. The first-order valence-corrected chi connectivity index (χ1v) is 8.16. The molecule has 0 unspecified atom stereocenters. The Morgan fingerprint density at radius 1 is 1.13 bits per heavy atom. The van der Waals surface area contributed by atoms with Crippen molar-refractivity contribution in [1.29, 1.82) is 0 Å². The Morgan fingerprint density at radius 2 is 1.74 bits per heavy atom. The summed E-state index contributed by atoms with van der Waals surface area (Å²) in [4.78, 5) is 0.0872. The van der Waals surface area contributed by atoms with Gasteiger partial charge in [-0.3, -0.25) is 9.40 Å². The van der Waals surface area contributed by atoms with Gasteiger partial charge in [0.15, 0.2) is 0 Å². The van der Waals surface area contributed by atoms with Gasteiger partial charge >= 0.3 is 6.18 Å². The van der Waals surface area contributed by atoms with E-state index in [4.69, 9.17) is 0 Å². The molecule has 1 heterocycles. The maximum atomic E-state index is 12.4. The van der Waals surface area contributed by atoms with E-state index in [1.54, 1.807) is 19.9 Å². The average molecular weight is 347 g/mol. The summed E-state index contributed by atoms with van der Waals surface area (Å²) >= 11 is 0. The predicted octanol–water partition coefficient (Wildman–Crippen LogP) is 3.17. The van der Waals surface area contributed by atoms with Crippen molar-refractivity contribution in [3.63, 3.8) is 0 Å². The molecule has 1 N–H and O–H groups in total. The number of sulfonamides is 1. The second-order valence-electron chi connectivity index (χ2n) is 5.35. The molecule has 0 aliphatic carbocycles. The maximum absolute atomic E-state index is 12.4. The molecular formula is C14H16F3N3O2S. The van der Waals surface area contributed by atoms with Crippen LogP contribution < -0.4 is 4.72 Å². The number of rotatable bonds is 4. The van der Waals surface area contributed by atoms with Crippen LogP contribution in [0.2, 0.25) is 0 Å². The number of nitrogens with zero attached hydrogens (tertiary/aromatic N) is 2. The topological polar surface area (TPSA) is 64.0 Å². The Balaban J connectivity index is 2.27. The van der Waals surface area contributed by atoms with E-state index in [1.165, 1.54) is 6.07 Å². The van der Waals surface area contributed by atoms with Gasteiger partial charge in [0.1, 0.15) is 6.54 Å². The number of anilines is 1. The zero-order valence-electron chi connectivity index (χ0n) is 12.8. The molecule has 23 heavy (non-hydrogen) atoms. The molecule has 0 fully saturated rings. The first kappa shape index (κ1) is 17.3. The van der Waals surface area contributed by atoms with Gasteiger partial charge in [-0.05, 0) is 43.5 Å². The van der Waals surface area contributed by atoms with Crippen molar-refractivity contribution in [2.24, 2.45) is 0 Å². The Morgan fingerprint density at radius 3 is 2.35 bits per heavy atom. The molecule has 1 aromatic carbocycles. The van der Waals surface area contributed by atoms with E-state index in [0.717, 1.165) is 23.5 Å². The summed E-state index contributed by atoms with van der Waals surface area (Å²) in [6.07, 6.45) is -2.38. The van der Waals surface area contributed by atoms with Crippen molar-refractivity contribution in [3.05, 3.63) is 41.2 Å². The van der Waals surface area contributed by atoms with Gasteiger partial charge in [0.2, 0.25) is 0 Å². The number of aryl methyl sites for hydroxylation is 3. The summed E-state index contributed by atoms with van der Waals surface area (Å²) in [5, 5.41) is 3.50. The van der Waals surface area contributed by atoms with Gasteiger partial charge in [-0.1, -0.05) is 6.07 Å². The van der Waals surface area contributed by atoms with E-state index in [9.17, 15) is 21.6 Å². The highest BCUT2D eigenvalue weighted by Crippen LogP contribution is 2.23. The van der Waals surface area contributed by atoms with Gasteiger partial charge in [-0.2, -0.15) is 18.3 Å². The molecule has 5 nitrogen and oxygen atoms in total. The van der Waals surface area contributed by atoms with Crippen LogP contribution in [0.4, 0.5) is 18.9 Å². The summed E-state index contributed by atoms with van der Waals surface area (Å²) in [5.74, 6) is 0. The second kappa shape index (κ2) is 5.88. The third kappa shape index (κ3) is 4.25. The molecule has 0 atom stereocenters. The van der Waals surface area contributed by atoms with Crippen LogP contribution in [0.5, 0.6) is 0 Å². The first-order chi connectivity index (χ1) is 10.5. The Kier molecular flexibility index (Phi) is 4.43. The molecule has 0 aliphatic heterocycles. The molecule has 9 heteroatoms. The Hall–Kier alpha value is -2.03. The molecule has 0 amide bonds. The number of hydrogen-bond acceptors (Lipinski definition) is 3. The number of hydrogen-bond donors (Lipinski definition) is 1. The third-order valence-corrected chi connectivity index (χ3v) is 4.83. The normalized spacial score (nSPS) is 12.4. The van der Waals surface area contributed by atoms with Crippen molar-refractivity contribution in [1.82, 2.24) is 9.78 Å². The zero-order valence-corrected chi connectivity index (χ0v) is 13.6. The quantitative estimate of drug-likeness (QED) is 0.924. The van der Waals surface area contributed by atoms with Gasteiger partial charge in [0, 0.05) is 6.20 Å². The summed E-state index contributed by atoms with van der Waals surface area (Å²) < 4.78 is 64.6. The van der Waals surface area contributed by atoms with Crippen molar-refractivity contribution in [2.45, 2.75) is 38.4 Å². The van der Waals surface area contributed by atoms with Crippen molar-refractivity contribution in [2.75, 3.05) is 4.72 Å². The lowest BCUT2D eigenvalue weighted by Crippen LogP contribution is -2.18. The summed E-state index contributed by atoms with van der Waals surface area (Å²) in [6, 6.07) is 3.28. The van der Waals surface area contributed by atoms with Crippen LogP contribution in [0.3, 0.4) is 0 Å². The van der Waals surface area contributed by atoms with Crippen LogP contribution in [0.15, 0.2) is 29.4 Å². The van der Waals surface area contributed by atoms with Gasteiger partial charge in [-0.25, -0.2) is 8.42 Å². The maximum Gasteiger partial charge on any atom is 0.408 e. The van der Waals surface area contributed by atoms with Crippen molar-refractivity contribution >= 4 is 15.7 Å². The summed E-state index contributed by atoms with van der Waals surface area (Å²) in [7, 11) is -3.90. The van der Waals surface area contributed by atoms with E-state index >= 15 is 0 Å². The third-order valence-electron chi connectivity index (χ3n) is 3.31. The number of halogens is 3. The summed E-state index contributed by atoms with van der Waals surface area (Å²) in [6.45, 7) is 4.04. The van der Waals surface area contributed by atoms with Crippen LogP contribution in [-0.4, -0.2) is 24.4 Å². The molecule has 126 valence electrons. The van der Waals surface area contributed by atoms with E-state index in [1.807, 2.05) is 6.92 Å². The first-order valence-electron chi connectivity index (χ1n) is 6.68. The van der Waals surface area contributed by atoms with E-state index in [0.29, 0.717) is 10.2 Å². The number of benzene rings is 1. The second-order valence-corrected chi connectivity index (χ2v) is 7.00. The van der Waals surface area contributed by atoms with Gasteiger partial charge < -0.3 is 0 Å². The van der Waals surface area contributed by atoms with E-state index < -0.39 is 22.7 Å². The molecule has 0 saturated carbocycles. The minimum Gasteiger partial charge on any atom is -0.276 e. The standard InChI is InChI=1S/C14H16F3N3O2S/c1-9-4-11(3)13(5-10(9)2)23(21,22)19-12-6-18-20(7-12)8-14(15,16)17/h4-7,19H,8H2,1-3H3. The minimum atomic E-state index is -4.42. The van der Waals surface area contributed by atoms with Gasteiger partial charge in [-0.15, -0.1) is 0 Å². The molecular weight excluding hydrogens is 331 g/mol. The molecule has 0 radical (unpaired) electrons. The number of nitrogens with one attached hydrogen (secondary N) is 1.